The Morgan fingerprint density at radius 2 is 1.17 bits per heavy atom. The van der Waals surface area contributed by atoms with E-state index in [0.717, 1.165) is 102 Å². The maximum Gasteiger partial charge on any atom is 0.222 e. The van der Waals surface area contributed by atoms with E-state index in [1.807, 2.05) is 9.80 Å². The molecule has 0 aromatic carbocycles. The molecule has 2 N–H and O–H groups in total. The minimum atomic E-state index is 0.289. The molecular formula is C22H36N6O2. The van der Waals surface area contributed by atoms with Gasteiger partial charge in [0.15, 0.2) is 11.6 Å². The molecule has 2 fully saturated rings. The maximum atomic E-state index is 12.1. The van der Waals surface area contributed by atoms with Crippen LogP contribution in [0.2, 0.25) is 0 Å². The summed E-state index contributed by atoms with van der Waals surface area (Å²) >= 11 is 0. The number of anilines is 2. The molecule has 2 amide bonds. The lowest BCUT2D eigenvalue weighted by atomic mass is 10.2. The zero-order valence-electron chi connectivity index (χ0n) is 18.1. The van der Waals surface area contributed by atoms with Crippen molar-refractivity contribution in [1.82, 2.24) is 19.8 Å². The average molecular weight is 417 g/mol. The van der Waals surface area contributed by atoms with Crippen LogP contribution in [-0.4, -0.2) is 70.9 Å². The summed E-state index contributed by atoms with van der Waals surface area (Å²) in [5.74, 6) is 2.06. The van der Waals surface area contributed by atoms with Crippen LogP contribution in [0, 0.1) is 0 Å². The summed E-state index contributed by atoms with van der Waals surface area (Å²) in [5.41, 5.74) is 0. The molecule has 8 nitrogen and oxygen atoms in total. The Kier molecular flexibility index (Phi) is 9.18. The third-order valence-electron chi connectivity index (χ3n) is 5.84. The van der Waals surface area contributed by atoms with Crippen LogP contribution >= 0.6 is 0 Å². The summed E-state index contributed by atoms with van der Waals surface area (Å²) < 4.78 is 0. The molecule has 0 bridgehead atoms. The number of likely N-dealkylation sites (tertiary alicyclic amines) is 2. The molecule has 166 valence electrons. The van der Waals surface area contributed by atoms with Crippen LogP contribution in [-0.2, 0) is 9.59 Å². The Balaban J connectivity index is 1.37. The van der Waals surface area contributed by atoms with Crippen LogP contribution in [0.25, 0.3) is 0 Å². The smallest absolute Gasteiger partial charge is 0.222 e. The molecule has 3 rings (SSSR count). The van der Waals surface area contributed by atoms with Crippen LogP contribution in [0.4, 0.5) is 11.6 Å². The first kappa shape index (κ1) is 22.3. The van der Waals surface area contributed by atoms with Crippen LogP contribution in [0.15, 0.2) is 12.4 Å². The van der Waals surface area contributed by atoms with E-state index in [0.29, 0.717) is 12.8 Å². The van der Waals surface area contributed by atoms with Crippen molar-refractivity contribution in [3.05, 3.63) is 12.4 Å². The van der Waals surface area contributed by atoms with Gasteiger partial charge in [-0.15, -0.1) is 0 Å². The molecule has 3 heterocycles. The van der Waals surface area contributed by atoms with Gasteiger partial charge in [0.05, 0.1) is 0 Å². The molecule has 0 atom stereocenters. The van der Waals surface area contributed by atoms with Gasteiger partial charge in [-0.3, -0.25) is 9.59 Å². The largest absolute Gasteiger partial charge is 0.367 e. The number of carbonyl (C=O) groups excluding carboxylic acids is 2. The van der Waals surface area contributed by atoms with Crippen molar-refractivity contribution in [2.45, 2.75) is 64.2 Å². The molecule has 0 saturated carbocycles. The predicted octanol–water partition coefficient (Wildman–Crippen LogP) is 2.89. The highest BCUT2D eigenvalue weighted by molar-refractivity contribution is 5.76. The van der Waals surface area contributed by atoms with Gasteiger partial charge in [0.1, 0.15) is 0 Å². The number of amides is 2. The number of hydrogen-bond donors (Lipinski definition) is 2. The number of rotatable bonds is 10. The van der Waals surface area contributed by atoms with E-state index in [4.69, 9.17) is 0 Å². The minimum absolute atomic E-state index is 0.289. The van der Waals surface area contributed by atoms with Crippen molar-refractivity contribution in [1.29, 1.82) is 0 Å². The number of nitrogens with zero attached hydrogens (tertiary/aromatic N) is 4. The first-order valence-corrected chi connectivity index (χ1v) is 11.6. The van der Waals surface area contributed by atoms with Crippen molar-refractivity contribution < 1.29 is 9.59 Å². The van der Waals surface area contributed by atoms with Gasteiger partial charge in [-0.25, -0.2) is 9.97 Å². The fourth-order valence-electron chi connectivity index (χ4n) is 4.10. The van der Waals surface area contributed by atoms with E-state index in [2.05, 4.69) is 20.6 Å². The summed E-state index contributed by atoms with van der Waals surface area (Å²) in [6, 6.07) is 0. The second kappa shape index (κ2) is 12.3. The van der Waals surface area contributed by atoms with Crippen molar-refractivity contribution >= 4 is 23.5 Å². The molecule has 2 saturated heterocycles. The third-order valence-corrected chi connectivity index (χ3v) is 5.84. The van der Waals surface area contributed by atoms with Crippen LogP contribution < -0.4 is 10.6 Å². The quantitative estimate of drug-likeness (QED) is 0.570. The highest BCUT2D eigenvalue weighted by Crippen LogP contribution is 2.16. The van der Waals surface area contributed by atoms with Gasteiger partial charge in [0, 0.05) is 64.5 Å². The van der Waals surface area contributed by atoms with E-state index >= 15 is 0 Å². The molecule has 0 radical (unpaired) electrons. The van der Waals surface area contributed by atoms with Gasteiger partial charge in [-0.2, -0.15) is 0 Å². The highest BCUT2D eigenvalue weighted by Gasteiger charge is 2.17. The number of aromatic nitrogens is 2. The lowest BCUT2D eigenvalue weighted by Gasteiger charge is -2.21. The van der Waals surface area contributed by atoms with E-state index < -0.39 is 0 Å². The Labute approximate surface area is 179 Å². The van der Waals surface area contributed by atoms with E-state index in [1.54, 1.807) is 12.4 Å². The van der Waals surface area contributed by atoms with Gasteiger partial charge < -0.3 is 20.4 Å². The first-order chi connectivity index (χ1) is 14.7. The molecule has 2 aliphatic heterocycles. The van der Waals surface area contributed by atoms with Gasteiger partial charge in [0.25, 0.3) is 0 Å². The summed E-state index contributed by atoms with van der Waals surface area (Å²) in [6.45, 7) is 4.85. The Morgan fingerprint density at radius 3 is 1.63 bits per heavy atom. The zero-order valence-corrected chi connectivity index (χ0v) is 18.1. The molecule has 2 aliphatic rings. The highest BCUT2D eigenvalue weighted by atomic mass is 16.2. The Bertz CT molecular complexity index is 626. The average Bonchev–Trinajstić information content (AvgIpc) is 3.09. The topological polar surface area (TPSA) is 90.5 Å². The van der Waals surface area contributed by atoms with Crippen LogP contribution in [0.3, 0.4) is 0 Å². The third kappa shape index (κ3) is 7.15. The number of carbonyl (C=O) groups is 2. The second-order valence-corrected chi connectivity index (χ2v) is 8.20. The number of hydrogen-bond acceptors (Lipinski definition) is 6. The second-order valence-electron chi connectivity index (χ2n) is 8.20. The minimum Gasteiger partial charge on any atom is -0.367 e. The SMILES string of the molecule is O=C1CCCCCN1CCCNc1nccnc1NCCCN1CCCCCC1=O. The van der Waals surface area contributed by atoms with Crippen molar-refractivity contribution in [3.63, 3.8) is 0 Å². The molecule has 0 unspecified atom stereocenters. The molecule has 30 heavy (non-hydrogen) atoms. The fourth-order valence-corrected chi connectivity index (χ4v) is 4.10. The van der Waals surface area contributed by atoms with Crippen molar-refractivity contribution in [3.8, 4) is 0 Å². The molecule has 1 aromatic heterocycles. The monoisotopic (exact) mass is 416 g/mol. The molecule has 0 aliphatic carbocycles. The molecule has 1 aromatic rings. The van der Waals surface area contributed by atoms with Crippen molar-refractivity contribution in [2.24, 2.45) is 0 Å². The van der Waals surface area contributed by atoms with E-state index in [1.165, 1.54) is 0 Å². The maximum absolute atomic E-state index is 12.1. The summed E-state index contributed by atoms with van der Waals surface area (Å²) in [6.07, 6.45) is 13.1. The summed E-state index contributed by atoms with van der Waals surface area (Å²) in [7, 11) is 0. The fraction of sp³-hybridized carbons (Fsp3) is 0.727. The summed E-state index contributed by atoms with van der Waals surface area (Å²) in [4.78, 5) is 37.0. The van der Waals surface area contributed by atoms with Gasteiger partial charge in [-0.05, 0) is 38.5 Å². The number of nitrogens with one attached hydrogen (secondary N) is 2. The van der Waals surface area contributed by atoms with Crippen LogP contribution in [0.1, 0.15) is 64.2 Å². The summed E-state index contributed by atoms with van der Waals surface area (Å²) in [5, 5.41) is 6.70. The predicted molar refractivity (Wildman–Crippen MR) is 118 cm³/mol. The molecule has 8 heteroatoms. The Morgan fingerprint density at radius 1 is 0.700 bits per heavy atom. The lowest BCUT2D eigenvalue weighted by Crippen LogP contribution is -2.32. The van der Waals surface area contributed by atoms with Crippen molar-refractivity contribution in [2.75, 3.05) is 49.9 Å². The van der Waals surface area contributed by atoms with E-state index in [-0.39, 0.29) is 11.8 Å². The lowest BCUT2D eigenvalue weighted by molar-refractivity contribution is -0.131. The standard InChI is InChI=1S/C22H36N6O2/c29-19-9-3-1-5-15-27(19)17-7-11-23-21-22(26-14-13-25-21)24-12-8-18-28-16-6-2-4-10-20(28)30/h13-14H,1-12,15-18H2,(H,23,25)(H,24,26). The van der Waals surface area contributed by atoms with Gasteiger partial charge >= 0.3 is 0 Å². The zero-order chi connectivity index (χ0) is 21.0. The normalized spacial score (nSPS) is 18.1. The Hall–Kier alpha value is -2.38. The molecular weight excluding hydrogens is 380 g/mol. The van der Waals surface area contributed by atoms with Gasteiger partial charge in [-0.1, -0.05) is 12.8 Å². The van der Waals surface area contributed by atoms with E-state index in [9.17, 15) is 9.59 Å². The molecule has 0 spiro atoms. The van der Waals surface area contributed by atoms with Gasteiger partial charge in [0.2, 0.25) is 11.8 Å². The first-order valence-electron chi connectivity index (χ1n) is 11.6. The van der Waals surface area contributed by atoms with Crippen LogP contribution in [0.5, 0.6) is 0 Å².